The lowest BCUT2D eigenvalue weighted by atomic mass is 10.0. The van der Waals surface area contributed by atoms with Crippen molar-refractivity contribution in [2.45, 2.75) is 32.3 Å². The number of oxime groups is 1. The first-order valence-electron chi connectivity index (χ1n) is 5.72. The summed E-state index contributed by atoms with van der Waals surface area (Å²) in [5, 5.41) is 12.8. The Morgan fingerprint density at radius 3 is 2.69 bits per heavy atom. The van der Waals surface area contributed by atoms with Gasteiger partial charge in [-0.05, 0) is 30.9 Å². The molecule has 1 aliphatic rings. The van der Waals surface area contributed by atoms with Crippen LogP contribution in [0.15, 0.2) is 29.4 Å². The number of benzene rings is 1. The SMILES string of the molecule is CC1CC(c2ccc(CCCO)cc2)=NO1. The molecule has 0 aromatic heterocycles. The van der Waals surface area contributed by atoms with Crippen molar-refractivity contribution in [3.05, 3.63) is 35.4 Å². The fourth-order valence-corrected chi connectivity index (χ4v) is 1.82. The maximum atomic E-state index is 8.75. The van der Waals surface area contributed by atoms with Crippen molar-refractivity contribution < 1.29 is 9.94 Å². The van der Waals surface area contributed by atoms with Crippen LogP contribution in [0.25, 0.3) is 0 Å². The largest absolute Gasteiger partial charge is 0.396 e. The maximum Gasteiger partial charge on any atom is 0.130 e. The molecular formula is C13H17NO2. The van der Waals surface area contributed by atoms with Crippen molar-refractivity contribution in [3.63, 3.8) is 0 Å². The van der Waals surface area contributed by atoms with E-state index >= 15 is 0 Å². The Bertz CT molecular complexity index is 370. The topological polar surface area (TPSA) is 41.8 Å². The van der Waals surface area contributed by atoms with Crippen molar-refractivity contribution in [2.75, 3.05) is 6.61 Å². The molecule has 1 N–H and O–H groups in total. The number of aryl methyl sites for hydroxylation is 1. The fraction of sp³-hybridized carbons (Fsp3) is 0.462. The molecule has 0 radical (unpaired) electrons. The number of rotatable bonds is 4. The number of aliphatic hydroxyl groups excluding tert-OH is 1. The Morgan fingerprint density at radius 2 is 2.12 bits per heavy atom. The number of hydrogen-bond acceptors (Lipinski definition) is 3. The summed E-state index contributed by atoms with van der Waals surface area (Å²) in [5.74, 6) is 0. The molecular weight excluding hydrogens is 202 g/mol. The van der Waals surface area contributed by atoms with E-state index in [0.717, 1.165) is 30.5 Å². The molecule has 2 rings (SSSR count). The van der Waals surface area contributed by atoms with Gasteiger partial charge in [-0.2, -0.15) is 0 Å². The van der Waals surface area contributed by atoms with Crippen LogP contribution in [0.5, 0.6) is 0 Å². The van der Waals surface area contributed by atoms with Gasteiger partial charge in [0.25, 0.3) is 0 Å². The molecule has 1 aromatic rings. The number of hydrogen-bond donors (Lipinski definition) is 1. The predicted octanol–water partition coefficient (Wildman–Crippen LogP) is 2.12. The van der Waals surface area contributed by atoms with Crippen molar-refractivity contribution in [2.24, 2.45) is 5.16 Å². The molecule has 1 unspecified atom stereocenters. The zero-order valence-electron chi connectivity index (χ0n) is 9.52. The predicted molar refractivity (Wildman–Crippen MR) is 63.5 cm³/mol. The normalized spacial score (nSPS) is 19.4. The van der Waals surface area contributed by atoms with Gasteiger partial charge < -0.3 is 9.94 Å². The molecule has 0 fully saturated rings. The molecule has 0 aliphatic carbocycles. The van der Waals surface area contributed by atoms with E-state index < -0.39 is 0 Å². The molecule has 1 heterocycles. The first-order chi connectivity index (χ1) is 7.79. The lowest BCUT2D eigenvalue weighted by molar-refractivity contribution is 0.0995. The second-order valence-electron chi connectivity index (χ2n) is 4.18. The van der Waals surface area contributed by atoms with Gasteiger partial charge in [-0.25, -0.2) is 0 Å². The quantitative estimate of drug-likeness (QED) is 0.842. The molecule has 86 valence electrons. The monoisotopic (exact) mass is 219 g/mol. The highest BCUT2D eigenvalue weighted by Gasteiger charge is 2.17. The summed E-state index contributed by atoms with van der Waals surface area (Å²) in [6.07, 6.45) is 2.83. The van der Waals surface area contributed by atoms with Crippen LogP contribution >= 0.6 is 0 Å². The summed E-state index contributed by atoms with van der Waals surface area (Å²) < 4.78 is 0. The van der Waals surface area contributed by atoms with Gasteiger partial charge in [0.15, 0.2) is 0 Å². The summed E-state index contributed by atoms with van der Waals surface area (Å²) in [6, 6.07) is 8.34. The van der Waals surface area contributed by atoms with Crippen molar-refractivity contribution in [1.82, 2.24) is 0 Å². The second kappa shape index (κ2) is 5.12. The van der Waals surface area contributed by atoms with Crippen LogP contribution in [0.3, 0.4) is 0 Å². The average Bonchev–Trinajstić information content (AvgIpc) is 2.74. The fourth-order valence-electron chi connectivity index (χ4n) is 1.82. The molecule has 0 saturated carbocycles. The Kier molecular flexibility index (Phi) is 3.57. The summed E-state index contributed by atoms with van der Waals surface area (Å²) in [7, 11) is 0. The Morgan fingerprint density at radius 1 is 1.38 bits per heavy atom. The Balaban J connectivity index is 2.02. The molecule has 1 aliphatic heterocycles. The molecule has 0 bridgehead atoms. The third kappa shape index (κ3) is 2.61. The Labute approximate surface area is 95.7 Å². The molecule has 3 nitrogen and oxygen atoms in total. The van der Waals surface area contributed by atoms with E-state index in [0.29, 0.717) is 0 Å². The molecule has 0 spiro atoms. The zero-order valence-corrected chi connectivity index (χ0v) is 9.52. The van der Waals surface area contributed by atoms with E-state index in [-0.39, 0.29) is 12.7 Å². The first kappa shape index (κ1) is 11.1. The van der Waals surface area contributed by atoms with E-state index in [1.165, 1.54) is 5.56 Å². The molecule has 0 saturated heterocycles. The summed E-state index contributed by atoms with van der Waals surface area (Å²) in [6.45, 7) is 2.27. The van der Waals surface area contributed by atoms with Gasteiger partial charge in [0, 0.05) is 13.0 Å². The highest BCUT2D eigenvalue weighted by atomic mass is 16.6. The molecule has 3 heteroatoms. The average molecular weight is 219 g/mol. The summed E-state index contributed by atoms with van der Waals surface area (Å²) in [4.78, 5) is 5.17. The minimum Gasteiger partial charge on any atom is -0.396 e. The van der Waals surface area contributed by atoms with Gasteiger partial charge in [0.1, 0.15) is 6.10 Å². The van der Waals surface area contributed by atoms with Gasteiger partial charge in [-0.1, -0.05) is 29.4 Å². The van der Waals surface area contributed by atoms with Gasteiger partial charge >= 0.3 is 0 Å². The second-order valence-corrected chi connectivity index (χ2v) is 4.18. The Hall–Kier alpha value is -1.35. The van der Waals surface area contributed by atoms with E-state index in [1.54, 1.807) is 0 Å². The third-order valence-corrected chi connectivity index (χ3v) is 2.73. The van der Waals surface area contributed by atoms with E-state index in [4.69, 9.17) is 9.94 Å². The van der Waals surface area contributed by atoms with Gasteiger partial charge in [0.2, 0.25) is 0 Å². The minimum absolute atomic E-state index is 0.198. The number of aliphatic hydroxyl groups is 1. The van der Waals surface area contributed by atoms with Crippen molar-refractivity contribution >= 4 is 5.71 Å². The van der Waals surface area contributed by atoms with Crippen LogP contribution in [0, 0.1) is 0 Å². The van der Waals surface area contributed by atoms with Gasteiger partial charge in [-0.3, -0.25) is 0 Å². The molecule has 1 atom stereocenters. The van der Waals surface area contributed by atoms with Crippen LogP contribution in [-0.4, -0.2) is 23.5 Å². The van der Waals surface area contributed by atoms with Crippen molar-refractivity contribution in [1.29, 1.82) is 0 Å². The zero-order chi connectivity index (χ0) is 11.4. The van der Waals surface area contributed by atoms with E-state index in [9.17, 15) is 0 Å². The summed E-state index contributed by atoms with van der Waals surface area (Å²) in [5.41, 5.74) is 3.42. The summed E-state index contributed by atoms with van der Waals surface area (Å²) >= 11 is 0. The molecule has 0 amide bonds. The highest BCUT2D eigenvalue weighted by Crippen LogP contribution is 2.17. The van der Waals surface area contributed by atoms with Crippen LogP contribution < -0.4 is 0 Å². The molecule has 1 aromatic carbocycles. The lowest BCUT2D eigenvalue weighted by Crippen LogP contribution is -2.03. The van der Waals surface area contributed by atoms with Gasteiger partial charge in [0.05, 0.1) is 5.71 Å². The number of nitrogens with zero attached hydrogens (tertiary/aromatic N) is 1. The standard InChI is InChI=1S/C13H17NO2/c1-10-9-13(14-16-10)12-6-4-11(5-7-12)3-2-8-15/h4-7,10,15H,2-3,8-9H2,1H3. The van der Waals surface area contributed by atoms with E-state index in [2.05, 4.69) is 29.4 Å². The highest BCUT2D eigenvalue weighted by molar-refractivity contribution is 6.01. The maximum absolute atomic E-state index is 8.75. The van der Waals surface area contributed by atoms with Crippen molar-refractivity contribution in [3.8, 4) is 0 Å². The van der Waals surface area contributed by atoms with Crippen LogP contribution in [0.1, 0.15) is 30.9 Å². The molecule has 16 heavy (non-hydrogen) atoms. The smallest absolute Gasteiger partial charge is 0.130 e. The third-order valence-electron chi connectivity index (χ3n) is 2.73. The van der Waals surface area contributed by atoms with Crippen LogP contribution in [-0.2, 0) is 11.3 Å². The van der Waals surface area contributed by atoms with Crippen LogP contribution in [0.4, 0.5) is 0 Å². The van der Waals surface area contributed by atoms with E-state index in [1.807, 2.05) is 6.92 Å². The van der Waals surface area contributed by atoms with Gasteiger partial charge in [-0.15, -0.1) is 0 Å². The minimum atomic E-state index is 0.198. The first-order valence-corrected chi connectivity index (χ1v) is 5.72. The lowest BCUT2D eigenvalue weighted by Gasteiger charge is -2.02. The van der Waals surface area contributed by atoms with Crippen LogP contribution in [0.2, 0.25) is 0 Å².